The Hall–Kier alpha value is -10.9. The number of aliphatic hydroxyl groups excluding tert-OH is 2. The molecule has 3 atom stereocenters. The van der Waals surface area contributed by atoms with Crippen molar-refractivity contribution >= 4 is 52.7 Å². The maximum absolute atomic E-state index is 12.5. The van der Waals surface area contributed by atoms with Gasteiger partial charge in [0.15, 0.2) is 17.5 Å². The van der Waals surface area contributed by atoms with Crippen molar-refractivity contribution in [2.45, 2.75) is 160 Å². The van der Waals surface area contributed by atoms with Crippen molar-refractivity contribution in [2.24, 2.45) is 0 Å². The molecule has 6 aromatic carbocycles. The summed E-state index contributed by atoms with van der Waals surface area (Å²) in [7, 11) is 0. The van der Waals surface area contributed by atoms with Crippen molar-refractivity contribution < 1.29 is 116 Å². The first-order valence-electron chi connectivity index (χ1n) is 47.1. The molecule has 140 heavy (non-hydrogen) atoms. The van der Waals surface area contributed by atoms with Gasteiger partial charge in [0.05, 0.1) is 133 Å². The van der Waals surface area contributed by atoms with Gasteiger partial charge in [-0.15, -0.1) is 34.8 Å². The van der Waals surface area contributed by atoms with Gasteiger partial charge >= 0.3 is 47.5 Å². The number of carbonyl (C=O) groups excluding carboxylic acids is 3. The molecule has 0 aliphatic carbocycles. The maximum atomic E-state index is 12.5. The molecule has 4 N–H and O–H groups in total. The van der Waals surface area contributed by atoms with E-state index in [2.05, 4.69) is 87.6 Å². The van der Waals surface area contributed by atoms with E-state index in [4.69, 9.17) is 112 Å². The third-order valence-electron chi connectivity index (χ3n) is 23.9. The number of aryl methyl sites for hydroxylation is 3. The van der Waals surface area contributed by atoms with Crippen LogP contribution in [-0.4, -0.2) is 229 Å². The Balaban J connectivity index is 0.000000191. The molecule has 17 rings (SSSR count). The number of para-hydroxylation sites is 3. The first-order chi connectivity index (χ1) is 67.2. The van der Waals surface area contributed by atoms with E-state index in [1.807, 2.05) is 151 Å². The van der Waals surface area contributed by atoms with Gasteiger partial charge in [0.1, 0.15) is 53.8 Å². The number of rotatable bonds is 37. The van der Waals surface area contributed by atoms with E-state index in [9.17, 15) is 19.5 Å². The number of epoxide rings is 2. The van der Waals surface area contributed by atoms with E-state index in [-0.39, 0.29) is 84.0 Å². The van der Waals surface area contributed by atoms with Crippen LogP contribution in [0.4, 0.5) is 0 Å². The molecule has 5 aliphatic rings. The molecule has 34 heteroatoms. The summed E-state index contributed by atoms with van der Waals surface area (Å²) in [4.78, 5) is 57.0. The molecule has 5 aliphatic heterocycles. The fourth-order valence-electron chi connectivity index (χ4n) is 16.8. The summed E-state index contributed by atoms with van der Waals surface area (Å²) in [5.74, 6) is 4.76. The summed E-state index contributed by atoms with van der Waals surface area (Å²) in [5, 5.41) is 34.8. The number of hydrogen-bond acceptors (Lipinski definition) is 27. The molecule has 740 valence electrons. The van der Waals surface area contributed by atoms with Gasteiger partial charge in [-0.25, -0.2) is 29.3 Å². The molecule has 2 fully saturated rings. The average molecular weight is 1990 g/mol. The number of fused-ring (bicyclic) bond motifs is 3. The number of hydrogen-bond donors (Lipinski definition) is 3. The molecule has 11 heterocycles. The molecular weight excluding hydrogens is 1860 g/mol. The fraction of sp³-hybridized carbons (Fsp3) is 0.406. The van der Waals surface area contributed by atoms with E-state index in [1.165, 1.54) is 93.8 Å². The Morgan fingerprint density at radius 2 is 0.829 bits per heavy atom. The number of aromatic nitrogens is 9. The molecule has 0 bridgehead atoms. The summed E-state index contributed by atoms with van der Waals surface area (Å²) >= 11 is 15.9. The van der Waals surface area contributed by atoms with Crippen LogP contribution in [0.1, 0.15) is 156 Å². The molecule has 0 unspecified atom stereocenters. The van der Waals surface area contributed by atoms with Crippen molar-refractivity contribution in [2.75, 3.05) is 123 Å². The molecule has 6 aromatic heterocycles. The summed E-state index contributed by atoms with van der Waals surface area (Å²) < 4.78 is 72.7. The number of ether oxygens (including phenoxy) is 12. The normalized spacial score (nSPS) is 14.5. The number of β-amino-alcohol motifs (C(OH)–C–C–N with tert-alkyl or cyclic N) is 1. The number of nitrogens with one attached hydrogen (secondary N) is 1. The Bertz CT molecular complexity index is 6110. The minimum atomic E-state index is -0.541. The van der Waals surface area contributed by atoms with E-state index in [1.54, 1.807) is 20.8 Å². The van der Waals surface area contributed by atoms with E-state index < -0.39 is 24.0 Å². The molecule has 0 saturated carbocycles. The third kappa shape index (κ3) is 28.3. The Morgan fingerprint density at radius 3 is 1.18 bits per heavy atom. The molecule has 2 saturated heterocycles. The zero-order chi connectivity index (χ0) is 97.7. The minimum Gasteiger partial charge on any atom is -0.870 e. The van der Waals surface area contributed by atoms with Crippen LogP contribution in [0.15, 0.2) is 164 Å². The van der Waals surface area contributed by atoms with E-state index >= 15 is 0 Å². The second-order valence-corrected chi connectivity index (χ2v) is 34.5. The van der Waals surface area contributed by atoms with Crippen LogP contribution in [0.3, 0.4) is 0 Å². The number of carbonyl (C=O) groups is 3. The van der Waals surface area contributed by atoms with Gasteiger partial charge in [-0.1, -0.05) is 91.0 Å². The SMILES string of the molecule is CCOC(=O)c1cnn(-c2cccc(-c3cccc(C)c3OCc3ccc4c(c3C)CCN(C[C@H](O)COCCCl)C4)n2)c1OCC.CCOC(=O)c1cnn(-c2cccc(-c3cccc(C)c3OCc3ccc4c(c3C)CCN(C[C@H]3CO3)C4)n2)c1OCC.CCOC(=O)c1cnn(-c2cccc(-c3cccc(C)c3OCc3ccc4c(c3C)CCNC4)n2)c1OCC.ClC[C@@H]1CO1.OCCCl.[Na+].[OH-]. The van der Waals surface area contributed by atoms with Crippen molar-refractivity contribution in [3.63, 3.8) is 0 Å². The van der Waals surface area contributed by atoms with Crippen LogP contribution in [-0.2, 0) is 87.1 Å². The van der Waals surface area contributed by atoms with Gasteiger partial charge in [-0.3, -0.25) is 9.80 Å². The van der Waals surface area contributed by atoms with Crippen LogP contribution in [0.25, 0.3) is 51.2 Å². The number of aliphatic hydroxyl groups is 2. The predicted molar refractivity (Wildman–Crippen MR) is 533 cm³/mol. The number of nitrogens with zero attached hydrogens (tertiary/aromatic N) is 11. The largest absolute Gasteiger partial charge is 1.00 e. The maximum Gasteiger partial charge on any atom is 1.00 e. The first kappa shape index (κ1) is 110. The van der Waals surface area contributed by atoms with Crippen molar-refractivity contribution in [1.29, 1.82) is 0 Å². The van der Waals surface area contributed by atoms with Gasteiger partial charge in [0.25, 0.3) is 0 Å². The molecule has 0 amide bonds. The average Bonchev–Trinajstić information content (AvgIpc) is 1.74. The summed E-state index contributed by atoms with van der Waals surface area (Å²) in [6.45, 7) is 36.5. The van der Waals surface area contributed by atoms with Gasteiger partial charge in [0, 0.05) is 74.3 Å². The number of esters is 3. The molecule has 30 nitrogen and oxygen atoms in total. The third-order valence-corrected chi connectivity index (χ3v) is 24.6. The molecular formula is C106H126Cl3N12NaO18. The molecule has 0 radical (unpaired) electrons. The summed E-state index contributed by atoms with van der Waals surface area (Å²) in [6, 6.07) is 48.3. The Morgan fingerprint density at radius 1 is 0.464 bits per heavy atom. The van der Waals surface area contributed by atoms with Crippen LogP contribution >= 0.6 is 34.8 Å². The fourth-order valence-corrected chi connectivity index (χ4v) is 17.1. The van der Waals surface area contributed by atoms with E-state index in [0.29, 0.717) is 124 Å². The minimum absolute atomic E-state index is 0. The smallest absolute Gasteiger partial charge is 0.870 e. The number of benzene rings is 6. The van der Waals surface area contributed by atoms with Crippen LogP contribution in [0, 0.1) is 41.5 Å². The summed E-state index contributed by atoms with van der Waals surface area (Å²) in [6.07, 6.45) is 7.62. The molecule has 0 spiro atoms. The van der Waals surface area contributed by atoms with Crippen molar-refractivity contribution in [1.82, 2.24) is 59.4 Å². The number of pyridine rings is 3. The topological polar surface area (TPSA) is 350 Å². The zero-order valence-electron chi connectivity index (χ0n) is 82.1. The first-order valence-corrected chi connectivity index (χ1v) is 48.8. The second-order valence-electron chi connectivity index (χ2n) is 33.4. The van der Waals surface area contributed by atoms with Crippen LogP contribution < -0.4 is 63.3 Å². The standard InChI is InChI=1S/C36H43ClN4O6.C34H38N4O5.C31H34N4O4.C3H5ClO.C2H5ClO.Na.H2O/c1-5-45-35-31(36(43)46-6-2)19-38-41(35)33-12-8-11-32(39-33)30-10-7-9-24(3)34(30)47-22-27-14-13-26-20-40(17-15-29(26)25(27)4)21-28(42)23-44-18-16-37;1-5-40-33-29(34(39)41-6-2)17-35-38(33)31-12-8-11-30(36-31)28-10-7-9-22(3)32(28)43-20-25-14-13-24-18-37(19-26-21-42-26)16-15-27(24)23(25)4;1-5-37-30-26(31(36)38-6-2)18-33-35(30)28-12-8-11-27(34-28)25-10-7-9-20(3)29(25)39-19-23-14-13-22-17-32-16-15-24(22)21(23)4;4-1-3-2-5-3;3-1-2-4;;/h7-14,19,28,42H,5-6,15-18,20-23H2,1-4H3;7-14,17,26H,5-6,15-16,18-21H2,1-4H3;7-14,18,32H,5-6,15-17,19H2,1-4H3;3H,1-2H2;4H,1-2H2;;1H2/q;;;;;+1;/p-1/t28-;26-;;3-;;;/m00.1.../s1. The second kappa shape index (κ2) is 54.4. The quantitative estimate of drug-likeness (QED) is 0.00813. The zero-order valence-corrected chi connectivity index (χ0v) is 86.4. The summed E-state index contributed by atoms with van der Waals surface area (Å²) in [5.41, 5.74) is 24.3. The van der Waals surface area contributed by atoms with Crippen molar-refractivity contribution in [3.05, 3.63) is 264 Å². The number of halogens is 3. The van der Waals surface area contributed by atoms with Gasteiger partial charge in [0.2, 0.25) is 17.6 Å². The monoisotopic (exact) mass is 1980 g/mol. The Kier molecular flexibility index (Phi) is 42.5. The van der Waals surface area contributed by atoms with Crippen LogP contribution in [0.5, 0.6) is 34.9 Å². The van der Waals surface area contributed by atoms with Gasteiger partial charge in [-0.05, 0) is 247 Å². The molecule has 12 aromatic rings. The van der Waals surface area contributed by atoms with Gasteiger partial charge < -0.3 is 77.8 Å². The Labute approximate surface area is 856 Å². The van der Waals surface area contributed by atoms with Crippen molar-refractivity contribution in [3.8, 4) is 86.1 Å². The van der Waals surface area contributed by atoms with Gasteiger partial charge in [-0.2, -0.15) is 29.3 Å². The number of alkyl halides is 3. The van der Waals surface area contributed by atoms with E-state index in [0.717, 1.165) is 146 Å². The predicted octanol–water partition coefficient (Wildman–Crippen LogP) is 14.2. The van der Waals surface area contributed by atoms with Crippen LogP contribution in [0.2, 0.25) is 0 Å².